The molecule has 21 nitrogen and oxygen atoms in total. The van der Waals surface area contributed by atoms with E-state index in [2.05, 4.69) is 31.9 Å². The SMILES string of the molecule is C[C@H]1NC(=O)[C@H]([C@@H](C)O)NC(=O)[C@H](CCC(=O)O)NC(=O)[C@@H]2C[C@H](F)CN2C(=O)[C@H](CC(=O)O)NC(=O)CNC(=O)[C@H](CCC(=O)O)NC1=O. The van der Waals surface area contributed by atoms with E-state index in [1.165, 1.54) is 0 Å². The number of fused-ring (bicyclic) bond motifs is 1. The average molecular weight is 718 g/mol. The number of aliphatic carboxylic acids is 3. The van der Waals surface area contributed by atoms with Gasteiger partial charge in [-0.2, -0.15) is 0 Å². The van der Waals surface area contributed by atoms with E-state index in [0.717, 1.165) is 13.8 Å². The van der Waals surface area contributed by atoms with Crippen molar-refractivity contribution in [2.75, 3.05) is 13.1 Å². The minimum atomic E-state index is -1.90. The molecule has 2 aliphatic heterocycles. The van der Waals surface area contributed by atoms with Crippen molar-refractivity contribution in [1.29, 1.82) is 0 Å². The molecule has 0 aromatic heterocycles. The third-order valence-electron chi connectivity index (χ3n) is 7.65. The summed E-state index contributed by atoms with van der Waals surface area (Å²) >= 11 is 0. The van der Waals surface area contributed by atoms with E-state index in [4.69, 9.17) is 5.11 Å². The van der Waals surface area contributed by atoms with Gasteiger partial charge < -0.3 is 57.2 Å². The Labute approximate surface area is 283 Å². The average Bonchev–Trinajstić information content (AvgIpc) is 3.41. The summed E-state index contributed by atoms with van der Waals surface area (Å²) < 4.78 is 14.6. The number of aliphatic hydroxyl groups excluding tert-OH is 1. The minimum Gasteiger partial charge on any atom is -0.481 e. The van der Waals surface area contributed by atoms with Crippen LogP contribution in [-0.4, -0.2) is 146 Å². The lowest BCUT2D eigenvalue weighted by atomic mass is 10.1. The molecule has 0 radical (unpaired) electrons. The number of nitrogens with one attached hydrogen (secondary N) is 6. The van der Waals surface area contributed by atoms with E-state index < -0.39 is 159 Å². The number of carbonyl (C=O) groups excluding carboxylic acids is 7. The molecule has 0 aromatic rings. The Bertz CT molecular complexity index is 1380. The molecule has 0 aromatic carbocycles. The van der Waals surface area contributed by atoms with Crippen molar-refractivity contribution in [3.05, 3.63) is 0 Å². The lowest BCUT2D eigenvalue weighted by Crippen LogP contribution is -2.61. The van der Waals surface area contributed by atoms with E-state index in [-0.39, 0.29) is 0 Å². The summed E-state index contributed by atoms with van der Waals surface area (Å²) in [6.07, 6.45) is -7.59. The molecule has 2 heterocycles. The number of nitrogens with zero attached hydrogens (tertiary/aromatic N) is 1. The number of halogens is 1. The Hall–Kier alpha value is -5.41. The van der Waals surface area contributed by atoms with Crippen LogP contribution in [-0.2, 0) is 47.9 Å². The van der Waals surface area contributed by atoms with E-state index in [0.29, 0.717) is 4.90 Å². The first-order chi connectivity index (χ1) is 23.3. The molecule has 0 unspecified atom stereocenters. The highest BCUT2D eigenvalue weighted by Gasteiger charge is 2.44. The summed E-state index contributed by atoms with van der Waals surface area (Å²) in [5.41, 5.74) is 0. The molecule has 278 valence electrons. The zero-order valence-electron chi connectivity index (χ0n) is 27.0. The highest BCUT2D eigenvalue weighted by Crippen LogP contribution is 2.23. The number of amides is 7. The number of rotatable bonds is 9. The van der Waals surface area contributed by atoms with Crippen LogP contribution in [0.15, 0.2) is 0 Å². The van der Waals surface area contributed by atoms with E-state index in [1.807, 2.05) is 0 Å². The van der Waals surface area contributed by atoms with Crippen LogP contribution < -0.4 is 31.9 Å². The van der Waals surface area contributed by atoms with Gasteiger partial charge in [0.05, 0.1) is 25.6 Å². The fourth-order valence-electron chi connectivity index (χ4n) is 5.05. The summed E-state index contributed by atoms with van der Waals surface area (Å²) in [6.45, 7) is 0.572. The van der Waals surface area contributed by atoms with Crippen molar-refractivity contribution in [2.45, 2.75) is 101 Å². The maximum atomic E-state index is 14.6. The standard InChI is InChI=1S/C28H40FN7O14/c1-11-23(45)33-14(3-5-19(39)40)24(46)30-9-18(38)32-16(8-21(43)44)28(50)36-10-13(29)7-17(36)26(48)34-15(4-6-20(41)42)25(47)35-22(12(2)37)27(49)31-11/h11-17,22,37H,3-10H2,1-2H3,(H,30,46)(H,31,49)(H,32,38)(H,33,45)(H,34,48)(H,35,47)(H,39,40)(H,41,42)(H,43,44)/t11-,12-,13+,14+,15+,16+,17+,22+/m1/s1. The van der Waals surface area contributed by atoms with Gasteiger partial charge in [0.2, 0.25) is 41.4 Å². The van der Waals surface area contributed by atoms with Crippen LogP contribution >= 0.6 is 0 Å². The Kier molecular flexibility index (Phi) is 15.0. The lowest BCUT2D eigenvalue weighted by Gasteiger charge is -2.29. The summed E-state index contributed by atoms with van der Waals surface area (Å²) in [7, 11) is 0. The molecule has 2 fully saturated rings. The Morgan fingerprint density at radius 2 is 1.32 bits per heavy atom. The molecule has 7 amide bonds. The topological polar surface area (TPSA) is 327 Å². The summed E-state index contributed by atoms with van der Waals surface area (Å²) in [4.78, 5) is 126. The third-order valence-corrected chi connectivity index (χ3v) is 7.65. The maximum Gasteiger partial charge on any atom is 0.305 e. The van der Waals surface area contributed by atoms with Gasteiger partial charge in [0, 0.05) is 19.3 Å². The molecule has 2 aliphatic rings. The molecule has 2 rings (SSSR count). The van der Waals surface area contributed by atoms with Crippen molar-refractivity contribution < 1.29 is 72.8 Å². The largest absolute Gasteiger partial charge is 0.481 e. The van der Waals surface area contributed by atoms with Crippen LogP contribution in [0, 0.1) is 0 Å². The summed E-state index contributed by atoms with van der Waals surface area (Å²) in [6, 6.07) is -10.2. The van der Waals surface area contributed by atoms with Crippen molar-refractivity contribution in [3.8, 4) is 0 Å². The van der Waals surface area contributed by atoms with E-state index in [9.17, 15) is 67.7 Å². The Morgan fingerprint density at radius 3 is 1.86 bits per heavy atom. The molecule has 0 saturated carbocycles. The molecule has 10 N–H and O–H groups in total. The predicted octanol–water partition coefficient (Wildman–Crippen LogP) is -4.92. The van der Waals surface area contributed by atoms with Crippen molar-refractivity contribution in [2.24, 2.45) is 0 Å². The van der Waals surface area contributed by atoms with Crippen LogP contribution in [0.25, 0.3) is 0 Å². The van der Waals surface area contributed by atoms with Crippen LogP contribution in [0.3, 0.4) is 0 Å². The second-order valence-corrected chi connectivity index (χ2v) is 11.7. The number of carbonyl (C=O) groups is 10. The number of carboxylic acids is 3. The van der Waals surface area contributed by atoms with Crippen LogP contribution in [0.1, 0.15) is 52.4 Å². The molecule has 22 heteroatoms. The van der Waals surface area contributed by atoms with Gasteiger partial charge in [-0.3, -0.25) is 47.9 Å². The second-order valence-electron chi connectivity index (χ2n) is 11.7. The van der Waals surface area contributed by atoms with E-state index in [1.54, 1.807) is 0 Å². The minimum absolute atomic E-state index is 0.499. The van der Waals surface area contributed by atoms with Gasteiger partial charge in [-0.05, 0) is 26.7 Å². The molecular weight excluding hydrogens is 677 g/mol. The molecule has 0 spiro atoms. The molecule has 0 bridgehead atoms. The van der Waals surface area contributed by atoms with Crippen molar-refractivity contribution >= 4 is 59.3 Å². The lowest BCUT2D eigenvalue weighted by molar-refractivity contribution is -0.146. The quantitative estimate of drug-likeness (QED) is 0.107. The molecule has 2 saturated heterocycles. The number of aliphatic hydroxyl groups is 1. The third kappa shape index (κ3) is 12.2. The van der Waals surface area contributed by atoms with Gasteiger partial charge in [-0.15, -0.1) is 0 Å². The van der Waals surface area contributed by atoms with Gasteiger partial charge in [-0.1, -0.05) is 0 Å². The highest BCUT2D eigenvalue weighted by molar-refractivity contribution is 5.99. The molecule has 0 aliphatic carbocycles. The van der Waals surface area contributed by atoms with Gasteiger partial charge in [-0.25, -0.2) is 4.39 Å². The van der Waals surface area contributed by atoms with Crippen LogP contribution in [0.4, 0.5) is 4.39 Å². The zero-order chi connectivity index (χ0) is 37.9. The summed E-state index contributed by atoms with van der Waals surface area (Å²) in [5, 5.41) is 50.9. The maximum absolute atomic E-state index is 14.6. The number of alkyl halides is 1. The first-order valence-corrected chi connectivity index (χ1v) is 15.4. The van der Waals surface area contributed by atoms with Crippen LogP contribution in [0.5, 0.6) is 0 Å². The smallest absolute Gasteiger partial charge is 0.305 e. The molecule has 50 heavy (non-hydrogen) atoms. The zero-order valence-corrected chi connectivity index (χ0v) is 27.0. The fraction of sp³-hybridized carbons (Fsp3) is 0.643. The first-order valence-electron chi connectivity index (χ1n) is 15.4. The second kappa shape index (κ2) is 18.4. The van der Waals surface area contributed by atoms with Crippen LogP contribution in [0.2, 0.25) is 0 Å². The van der Waals surface area contributed by atoms with Crippen molar-refractivity contribution in [3.63, 3.8) is 0 Å². The van der Waals surface area contributed by atoms with Gasteiger partial charge in [0.25, 0.3) is 0 Å². The predicted molar refractivity (Wildman–Crippen MR) is 161 cm³/mol. The molecule has 8 atom stereocenters. The Morgan fingerprint density at radius 1 is 0.760 bits per heavy atom. The van der Waals surface area contributed by atoms with Crippen molar-refractivity contribution in [1.82, 2.24) is 36.8 Å². The fourth-order valence-corrected chi connectivity index (χ4v) is 5.05. The number of carboxylic acid groups (broad SMARTS) is 3. The number of hydrogen-bond acceptors (Lipinski definition) is 11. The van der Waals surface area contributed by atoms with Gasteiger partial charge >= 0.3 is 17.9 Å². The Balaban J connectivity index is 2.56. The van der Waals surface area contributed by atoms with Gasteiger partial charge in [0.1, 0.15) is 42.4 Å². The monoisotopic (exact) mass is 717 g/mol. The van der Waals surface area contributed by atoms with E-state index >= 15 is 0 Å². The normalized spacial score (nSPS) is 28.4. The first kappa shape index (κ1) is 40.8. The molecular formula is C28H40FN7O14. The van der Waals surface area contributed by atoms with Gasteiger partial charge in [0.15, 0.2) is 0 Å². The highest BCUT2D eigenvalue weighted by atomic mass is 19.1. The number of hydrogen-bond donors (Lipinski definition) is 10. The summed E-state index contributed by atoms with van der Waals surface area (Å²) in [5.74, 6) is -12.4.